The number of anilines is 6. The number of ketones is 1. The number of para-hydroxylation sites is 4. The Morgan fingerprint density at radius 2 is 0.821 bits per heavy atom. The number of nitrogens with zero attached hydrogens (tertiary/aromatic N) is 2. The number of carbonyl (C=O) groups is 1. The maximum absolute atomic E-state index is 14.7. The van der Waals surface area contributed by atoms with Crippen LogP contribution in [0.5, 0.6) is 0 Å². The van der Waals surface area contributed by atoms with Gasteiger partial charge in [-0.15, -0.1) is 0 Å². The van der Waals surface area contributed by atoms with Crippen LogP contribution in [0.3, 0.4) is 0 Å². The van der Waals surface area contributed by atoms with Gasteiger partial charge in [0, 0.05) is 50.3 Å². The van der Waals surface area contributed by atoms with Crippen molar-refractivity contribution in [2.24, 2.45) is 0 Å². The minimum Gasteiger partial charge on any atom is -0.311 e. The Labute approximate surface area is 325 Å². The number of hydrogen-bond acceptors (Lipinski definition) is 3. The van der Waals surface area contributed by atoms with Gasteiger partial charge in [0.15, 0.2) is 5.78 Å². The molecule has 10 aromatic rings. The number of benzene rings is 10. The monoisotopic (exact) mass is 714 g/mol. The fourth-order valence-electron chi connectivity index (χ4n) is 8.79. The van der Waals surface area contributed by atoms with Gasteiger partial charge in [-0.3, -0.25) is 4.79 Å². The van der Waals surface area contributed by atoms with Crippen molar-refractivity contribution in [1.82, 2.24) is 0 Å². The fraction of sp³-hybridized carbons (Fsp3) is 0. The second-order valence-corrected chi connectivity index (χ2v) is 14.5. The maximum atomic E-state index is 14.7. The molecule has 3 heteroatoms. The molecule has 0 saturated carbocycles. The summed E-state index contributed by atoms with van der Waals surface area (Å²) in [5.74, 6) is 0.0692. The van der Waals surface area contributed by atoms with Crippen LogP contribution in [0.4, 0.5) is 34.1 Å². The number of rotatable bonds is 7. The third-order valence-electron chi connectivity index (χ3n) is 11.3. The highest BCUT2D eigenvalue weighted by Crippen LogP contribution is 2.50. The molecule has 0 N–H and O–H groups in total. The summed E-state index contributed by atoms with van der Waals surface area (Å²) in [4.78, 5) is 19.3. The van der Waals surface area contributed by atoms with Crippen molar-refractivity contribution in [2.75, 3.05) is 9.80 Å². The zero-order chi connectivity index (χ0) is 37.2. The first-order valence-corrected chi connectivity index (χ1v) is 19.1. The molecular weight excluding hydrogens is 681 g/mol. The van der Waals surface area contributed by atoms with E-state index >= 15 is 0 Å². The third kappa shape index (κ3) is 5.02. The molecule has 0 fully saturated rings. The Morgan fingerprint density at radius 1 is 0.304 bits per heavy atom. The average molecular weight is 715 g/mol. The zero-order valence-electron chi connectivity index (χ0n) is 30.4. The van der Waals surface area contributed by atoms with Crippen molar-refractivity contribution in [3.63, 3.8) is 0 Å². The Morgan fingerprint density at radius 3 is 1.43 bits per heavy atom. The molecule has 0 saturated heterocycles. The normalized spacial score (nSPS) is 12.0. The maximum Gasteiger partial charge on any atom is 0.194 e. The SMILES string of the molecule is O=C1c2cc(-c3ccc(N(c4ccccc4)c4ccccc4)cc3)ccc2-c2ccc3cc(N(c4ccccc4)c4ccccc4)c4cccc5cc1c2c3c54. The number of fused-ring (bicyclic) bond motifs is 2. The third-order valence-corrected chi connectivity index (χ3v) is 11.3. The molecular formula is C53H34N2O. The number of carbonyl (C=O) groups excluding carboxylic acids is 1. The van der Waals surface area contributed by atoms with E-state index in [0.717, 1.165) is 94.4 Å². The summed E-state index contributed by atoms with van der Waals surface area (Å²) < 4.78 is 0. The Hall–Kier alpha value is -7.49. The van der Waals surface area contributed by atoms with Crippen LogP contribution in [0, 0.1) is 0 Å². The second kappa shape index (κ2) is 12.8. The summed E-state index contributed by atoms with van der Waals surface area (Å²) in [6, 6.07) is 72.3. The lowest BCUT2D eigenvalue weighted by molar-refractivity contribution is 0.104. The first kappa shape index (κ1) is 32.0. The van der Waals surface area contributed by atoms with Gasteiger partial charge in [0.05, 0.1) is 5.69 Å². The van der Waals surface area contributed by atoms with Crippen LogP contribution in [0.15, 0.2) is 206 Å². The summed E-state index contributed by atoms with van der Waals surface area (Å²) in [6.07, 6.45) is 0. The molecule has 0 atom stereocenters. The lowest BCUT2D eigenvalue weighted by Crippen LogP contribution is -2.12. The molecule has 3 nitrogen and oxygen atoms in total. The smallest absolute Gasteiger partial charge is 0.194 e. The molecule has 0 radical (unpaired) electrons. The molecule has 0 amide bonds. The van der Waals surface area contributed by atoms with Crippen molar-refractivity contribution in [3.8, 4) is 22.3 Å². The van der Waals surface area contributed by atoms with E-state index in [2.05, 4.69) is 204 Å². The highest BCUT2D eigenvalue weighted by atomic mass is 16.1. The van der Waals surface area contributed by atoms with Gasteiger partial charge in [0.2, 0.25) is 0 Å². The quantitative estimate of drug-likeness (QED) is 0.154. The van der Waals surface area contributed by atoms with Crippen LogP contribution in [0.25, 0.3) is 54.6 Å². The van der Waals surface area contributed by atoms with Crippen molar-refractivity contribution in [3.05, 3.63) is 217 Å². The van der Waals surface area contributed by atoms with Crippen LogP contribution in [0.1, 0.15) is 15.9 Å². The van der Waals surface area contributed by atoms with Crippen molar-refractivity contribution < 1.29 is 4.79 Å². The standard InChI is InChI=1S/C53H34N2O/c56-53-47-32-36(35-24-28-43(29-25-35)54(39-15-5-1-6-16-39)40-17-7-2-8-18-40)26-30-44(47)45-31-27-38-34-49(46-23-13-14-37-33-48(53)52(45)51(38)50(37)46)55(41-19-9-3-10-20-41)42-21-11-4-12-22-42/h1-34H. The van der Waals surface area contributed by atoms with Crippen molar-refractivity contribution in [1.29, 1.82) is 0 Å². The molecule has 1 aliphatic carbocycles. The van der Waals surface area contributed by atoms with Gasteiger partial charge in [-0.05, 0) is 123 Å². The Bertz CT molecular complexity index is 2990. The largest absolute Gasteiger partial charge is 0.311 e. The zero-order valence-corrected chi connectivity index (χ0v) is 30.4. The van der Waals surface area contributed by atoms with Crippen LogP contribution >= 0.6 is 0 Å². The van der Waals surface area contributed by atoms with E-state index in [1.54, 1.807) is 0 Å². The molecule has 10 aromatic carbocycles. The van der Waals surface area contributed by atoms with E-state index in [-0.39, 0.29) is 5.78 Å². The average Bonchev–Trinajstić information content (AvgIpc) is 3.27. The highest BCUT2D eigenvalue weighted by Gasteiger charge is 2.29. The molecule has 0 heterocycles. The number of hydrogen-bond donors (Lipinski definition) is 0. The minimum absolute atomic E-state index is 0.0692. The van der Waals surface area contributed by atoms with E-state index in [1.807, 2.05) is 12.1 Å². The highest BCUT2D eigenvalue weighted by molar-refractivity contribution is 6.36. The molecule has 56 heavy (non-hydrogen) atoms. The van der Waals surface area contributed by atoms with Gasteiger partial charge < -0.3 is 9.80 Å². The van der Waals surface area contributed by atoms with Crippen LogP contribution in [0.2, 0.25) is 0 Å². The molecule has 0 unspecified atom stereocenters. The summed E-state index contributed by atoms with van der Waals surface area (Å²) in [6.45, 7) is 0. The lowest BCUT2D eigenvalue weighted by Gasteiger charge is -2.29. The molecule has 0 bridgehead atoms. The molecule has 0 aromatic heterocycles. The summed E-state index contributed by atoms with van der Waals surface area (Å²) >= 11 is 0. The van der Waals surface area contributed by atoms with E-state index < -0.39 is 0 Å². The predicted octanol–water partition coefficient (Wildman–Crippen LogP) is 14.4. The molecule has 0 spiro atoms. The predicted molar refractivity (Wildman–Crippen MR) is 234 cm³/mol. The Balaban J connectivity index is 1.03. The van der Waals surface area contributed by atoms with E-state index in [9.17, 15) is 4.79 Å². The molecule has 0 aliphatic heterocycles. The van der Waals surface area contributed by atoms with Gasteiger partial charge in [0.25, 0.3) is 0 Å². The Kier molecular flexibility index (Phi) is 7.33. The summed E-state index contributed by atoms with van der Waals surface area (Å²) in [5.41, 5.74) is 12.2. The van der Waals surface area contributed by atoms with Gasteiger partial charge in [-0.1, -0.05) is 127 Å². The van der Waals surface area contributed by atoms with Gasteiger partial charge in [-0.2, -0.15) is 0 Å². The van der Waals surface area contributed by atoms with E-state index in [1.165, 1.54) is 5.39 Å². The van der Waals surface area contributed by atoms with Crippen LogP contribution in [-0.4, -0.2) is 5.78 Å². The lowest BCUT2D eigenvalue weighted by atomic mass is 9.78. The second-order valence-electron chi connectivity index (χ2n) is 14.5. The first-order chi connectivity index (χ1) is 27.7. The summed E-state index contributed by atoms with van der Waals surface area (Å²) in [5, 5.41) is 6.72. The van der Waals surface area contributed by atoms with E-state index in [4.69, 9.17) is 0 Å². The summed E-state index contributed by atoms with van der Waals surface area (Å²) in [7, 11) is 0. The van der Waals surface area contributed by atoms with Crippen molar-refractivity contribution >= 4 is 72.2 Å². The molecule has 1 aliphatic rings. The minimum atomic E-state index is 0.0692. The van der Waals surface area contributed by atoms with Crippen LogP contribution in [-0.2, 0) is 0 Å². The fourth-order valence-corrected chi connectivity index (χ4v) is 8.79. The molecule has 262 valence electrons. The van der Waals surface area contributed by atoms with E-state index in [0.29, 0.717) is 0 Å². The van der Waals surface area contributed by atoms with Gasteiger partial charge >= 0.3 is 0 Å². The van der Waals surface area contributed by atoms with Gasteiger partial charge in [0.1, 0.15) is 0 Å². The van der Waals surface area contributed by atoms with Crippen LogP contribution < -0.4 is 9.80 Å². The van der Waals surface area contributed by atoms with Crippen molar-refractivity contribution in [2.45, 2.75) is 0 Å². The topological polar surface area (TPSA) is 23.6 Å². The molecule has 11 rings (SSSR count). The van der Waals surface area contributed by atoms with Gasteiger partial charge in [-0.25, -0.2) is 0 Å². The first-order valence-electron chi connectivity index (χ1n) is 19.1.